The molecule has 2 aromatic rings. The van der Waals surface area contributed by atoms with Crippen LogP contribution in [0.3, 0.4) is 0 Å². The molecule has 7 heteroatoms. The number of nitrogens with one attached hydrogen (secondary N) is 2. The molecule has 20 heavy (non-hydrogen) atoms. The lowest BCUT2D eigenvalue weighted by molar-refractivity contribution is -0.115. The predicted molar refractivity (Wildman–Crippen MR) is 78.3 cm³/mol. The van der Waals surface area contributed by atoms with Crippen LogP contribution in [-0.4, -0.2) is 11.1 Å². The van der Waals surface area contributed by atoms with Gasteiger partial charge in [-0.3, -0.25) is 15.0 Å². The minimum absolute atomic E-state index is 0.0185. The van der Waals surface area contributed by atoms with Crippen LogP contribution in [0.25, 0.3) is 17.0 Å². The quantitative estimate of drug-likeness (QED) is 0.689. The third-order valence-corrected chi connectivity index (χ3v) is 3.63. The van der Waals surface area contributed by atoms with Gasteiger partial charge in [0, 0.05) is 0 Å². The largest absolute Gasteiger partial charge is 0.440 e. The fourth-order valence-corrected chi connectivity index (χ4v) is 2.57. The van der Waals surface area contributed by atoms with E-state index in [2.05, 4.69) is 5.32 Å². The van der Waals surface area contributed by atoms with Crippen LogP contribution < -0.4 is 16.5 Å². The molecule has 0 unspecified atom stereocenters. The Morgan fingerprint density at radius 2 is 2.05 bits per heavy atom. The second-order valence-corrected chi connectivity index (χ2v) is 5.15. The number of amides is 1. The molecule has 0 spiro atoms. The van der Waals surface area contributed by atoms with Crippen LogP contribution in [0.1, 0.15) is 5.56 Å². The number of amidine groups is 1. The third-order valence-electron chi connectivity index (χ3n) is 2.80. The number of para-hydroxylation sites is 1. The average molecular weight is 287 g/mol. The molecule has 1 saturated heterocycles. The van der Waals surface area contributed by atoms with E-state index in [9.17, 15) is 9.59 Å². The van der Waals surface area contributed by atoms with Gasteiger partial charge in [0.2, 0.25) is 11.3 Å². The Morgan fingerprint density at radius 1 is 1.30 bits per heavy atom. The topological polar surface area (TPSA) is 109 Å². The van der Waals surface area contributed by atoms with Crippen molar-refractivity contribution in [2.24, 2.45) is 0 Å². The summed E-state index contributed by atoms with van der Waals surface area (Å²) >= 11 is 0.939. The standard InChI is InChI=1S/C13H9N3O3S/c14-11-7(5-9-12(18)16-13(15)20-9)10(17)6-3-1-2-4-8(6)19-11/h1-5H,14H2,(H2,15,16,18). The number of fused-ring (bicyclic) bond motifs is 1. The molecule has 0 atom stereocenters. The minimum Gasteiger partial charge on any atom is -0.440 e. The van der Waals surface area contributed by atoms with Crippen molar-refractivity contribution in [1.29, 1.82) is 5.41 Å². The van der Waals surface area contributed by atoms with E-state index in [0.717, 1.165) is 11.8 Å². The summed E-state index contributed by atoms with van der Waals surface area (Å²) in [6.07, 6.45) is 1.36. The summed E-state index contributed by atoms with van der Waals surface area (Å²) in [4.78, 5) is 24.1. The molecule has 0 bridgehead atoms. The van der Waals surface area contributed by atoms with Gasteiger partial charge in [-0.05, 0) is 30.0 Å². The summed E-state index contributed by atoms with van der Waals surface area (Å²) in [5, 5.41) is 10.1. The number of benzene rings is 1. The Labute approximate surface area is 117 Å². The number of carbonyl (C=O) groups excluding carboxylic acids is 1. The Morgan fingerprint density at radius 3 is 2.75 bits per heavy atom. The summed E-state index contributed by atoms with van der Waals surface area (Å²) in [6.45, 7) is 0. The van der Waals surface area contributed by atoms with Crippen molar-refractivity contribution >= 4 is 45.8 Å². The van der Waals surface area contributed by atoms with Crippen LogP contribution in [0.2, 0.25) is 0 Å². The summed E-state index contributed by atoms with van der Waals surface area (Å²) < 4.78 is 5.38. The van der Waals surface area contributed by atoms with Crippen LogP contribution in [0.5, 0.6) is 0 Å². The molecule has 3 rings (SSSR count). The summed E-state index contributed by atoms with van der Waals surface area (Å²) in [5.41, 5.74) is 5.96. The number of anilines is 1. The monoisotopic (exact) mass is 287 g/mol. The highest BCUT2D eigenvalue weighted by molar-refractivity contribution is 8.18. The Bertz CT molecular complexity index is 838. The highest BCUT2D eigenvalue weighted by Gasteiger charge is 2.23. The third kappa shape index (κ3) is 1.97. The first kappa shape index (κ1) is 12.5. The van der Waals surface area contributed by atoms with Gasteiger partial charge in [-0.2, -0.15) is 0 Å². The first-order valence-electron chi connectivity index (χ1n) is 5.67. The van der Waals surface area contributed by atoms with Crippen molar-refractivity contribution in [3.05, 3.63) is 45.0 Å². The second kappa shape index (κ2) is 4.53. The smallest absolute Gasteiger partial charge is 0.264 e. The van der Waals surface area contributed by atoms with Gasteiger partial charge in [0.05, 0.1) is 15.9 Å². The maximum atomic E-state index is 12.3. The van der Waals surface area contributed by atoms with Crippen molar-refractivity contribution < 1.29 is 9.21 Å². The van der Waals surface area contributed by atoms with Gasteiger partial charge in [-0.1, -0.05) is 12.1 Å². The van der Waals surface area contributed by atoms with E-state index in [1.165, 1.54) is 6.08 Å². The first-order chi connectivity index (χ1) is 9.56. The Kier molecular flexibility index (Phi) is 2.83. The van der Waals surface area contributed by atoms with Gasteiger partial charge < -0.3 is 15.5 Å². The molecule has 1 aliphatic rings. The van der Waals surface area contributed by atoms with Crippen molar-refractivity contribution in [1.82, 2.24) is 5.32 Å². The zero-order valence-corrected chi connectivity index (χ0v) is 10.9. The molecular formula is C13H9N3O3S. The lowest BCUT2D eigenvalue weighted by Gasteiger charge is -2.02. The van der Waals surface area contributed by atoms with Crippen LogP contribution in [0.15, 0.2) is 38.4 Å². The molecule has 1 amide bonds. The van der Waals surface area contributed by atoms with Gasteiger partial charge in [0.25, 0.3) is 5.91 Å². The second-order valence-electron chi connectivity index (χ2n) is 4.10. The normalized spacial score (nSPS) is 16.9. The molecule has 1 fully saturated rings. The Balaban J connectivity index is 2.22. The number of rotatable bonds is 1. The number of nitrogens with two attached hydrogens (primary N) is 1. The van der Waals surface area contributed by atoms with E-state index in [0.29, 0.717) is 11.0 Å². The molecule has 1 aliphatic heterocycles. The lowest BCUT2D eigenvalue weighted by Crippen LogP contribution is -2.18. The highest BCUT2D eigenvalue weighted by atomic mass is 32.2. The van der Waals surface area contributed by atoms with Crippen LogP contribution in [0.4, 0.5) is 5.88 Å². The van der Waals surface area contributed by atoms with Crippen LogP contribution in [0, 0.1) is 5.41 Å². The van der Waals surface area contributed by atoms with E-state index in [1.807, 2.05) is 0 Å². The molecule has 0 radical (unpaired) electrons. The van der Waals surface area contributed by atoms with Gasteiger partial charge in [0.15, 0.2) is 5.17 Å². The number of hydrogen-bond donors (Lipinski definition) is 3. The van der Waals surface area contributed by atoms with Gasteiger partial charge in [-0.25, -0.2) is 0 Å². The van der Waals surface area contributed by atoms with Crippen molar-refractivity contribution in [3.8, 4) is 0 Å². The van der Waals surface area contributed by atoms with Crippen molar-refractivity contribution in [2.75, 3.05) is 5.73 Å². The number of thioether (sulfide) groups is 1. The fraction of sp³-hybridized carbons (Fsp3) is 0. The van der Waals surface area contributed by atoms with Gasteiger partial charge >= 0.3 is 0 Å². The summed E-state index contributed by atoms with van der Waals surface area (Å²) in [7, 11) is 0. The van der Waals surface area contributed by atoms with E-state index < -0.39 is 5.91 Å². The van der Waals surface area contributed by atoms with Gasteiger partial charge in [-0.15, -0.1) is 0 Å². The molecule has 1 aromatic heterocycles. The maximum absolute atomic E-state index is 12.3. The van der Waals surface area contributed by atoms with E-state index in [-0.39, 0.29) is 26.9 Å². The number of carbonyl (C=O) groups is 1. The lowest BCUT2D eigenvalue weighted by atomic mass is 10.1. The zero-order chi connectivity index (χ0) is 14.3. The van der Waals surface area contributed by atoms with Crippen LogP contribution in [-0.2, 0) is 4.79 Å². The molecule has 0 saturated carbocycles. The number of nitrogen functional groups attached to an aromatic ring is 1. The van der Waals surface area contributed by atoms with E-state index >= 15 is 0 Å². The molecule has 100 valence electrons. The highest BCUT2D eigenvalue weighted by Crippen LogP contribution is 2.26. The maximum Gasteiger partial charge on any atom is 0.264 e. The molecule has 0 aliphatic carbocycles. The number of hydrogen-bond acceptors (Lipinski definition) is 6. The summed E-state index contributed by atoms with van der Waals surface area (Å²) in [5.74, 6) is -0.472. The Hall–Kier alpha value is -2.54. The average Bonchev–Trinajstić information content (AvgIpc) is 2.73. The van der Waals surface area contributed by atoms with E-state index in [1.54, 1.807) is 24.3 Å². The molecule has 1 aromatic carbocycles. The summed E-state index contributed by atoms with van der Waals surface area (Å²) in [6, 6.07) is 6.74. The van der Waals surface area contributed by atoms with Crippen LogP contribution >= 0.6 is 11.8 Å². The molecular weight excluding hydrogens is 278 g/mol. The minimum atomic E-state index is -0.424. The zero-order valence-electron chi connectivity index (χ0n) is 10.1. The predicted octanol–water partition coefficient (Wildman–Crippen LogP) is 1.51. The molecule has 2 heterocycles. The molecule has 4 N–H and O–H groups in total. The fourth-order valence-electron chi connectivity index (χ4n) is 1.88. The van der Waals surface area contributed by atoms with Crippen molar-refractivity contribution in [2.45, 2.75) is 0 Å². The van der Waals surface area contributed by atoms with Crippen molar-refractivity contribution in [3.63, 3.8) is 0 Å². The molecule has 6 nitrogen and oxygen atoms in total. The SMILES string of the molecule is N=C1NC(=O)C(=Cc2c(N)oc3ccccc3c2=O)S1. The van der Waals surface area contributed by atoms with E-state index in [4.69, 9.17) is 15.6 Å². The van der Waals surface area contributed by atoms with Gasteiger partial charge in [0.1, 0.15) is 5.58 Å². The first-order valence-corrected chi connectivity index (χ1v) is 6.48.